The van der Waals surface area contributed by atoms with Crippen LogP contribution in [0, 0.1) is 0 Å². The third-order valence-electron chi connectivity index (χ3n) is 3.14. The predicted octanol–water partition coefficient (Wildman–Crippen LogP) is 3.05. The zero-order valence-electron chi connectivity index (χ0n) is 12.2. The van der Waals surface area contributed by atoms with Gasteiger partial charge in [0.15, 0.2) is 0 Å². The highest BCUT2D eigenvalue weighted by molar-refractivity contribution is 6.04. The van der Waals surface area contributed by atoms with Crippen molar-refractivity contribution in [2.75, 3.05) is 16.4 Å². The number of rotatable bonds is 4. The van der Waals surface area contributed by atoms with Crippen LogP contribution in [0.15, 0.2) is 67.1 Å². The van der Waals surface area contributed by atoms with E-state index in [1.807, 2.05) is 18.2 Å². The molecule has 3 rings (SSSR count). The molecule has 0 saturated heterocycles. The first kappa shape index (κ1) is 14.5. The van der Waals surface area contributed by atoms with Gasteiger partial charge in [0.1, 0.15) is 5.82 Å². The number of carbonyl (C=O) groups is 1. The summed E-state index contributed by atoms with van der Waals surface area (Å²) in [4.78, 5) is 20.3. The summed E-state index contributed by atoms with van der Waals surface area (Å²) in [5.41, 5.74) is 8.47. The van der Waals surface area contributed by atoms with Crippen LogP contribution >= 0.6 is 0 Å². The molecular formula is C17H15N5O. The Labute approximate surface area is 133 Å². The van der Waals surface area contributed by atoms with Crippen molar-refractivity contribution in [3.63, 3.8) is 0 Å². The lowest BCUT2D eigenvalue weighted by Gasteiger charge is -2.09. The van der Waals surface area contributed by atoms with Crippen molar-refractivity contribution in [2.24, 2.45) is 0 Å². The number of hydrogen-bond acceptors (Lipinski definition) is 5. The number of amides is 1. The molecule has 2 aromatic heterocycles. The maximum Gasteiger partial charge on any atom is 0.256 e. The van der Waals surface area contributed by atoms with Crippen LogP contribution < -0.4 is 16.4 Å². The van der Waals surface area contributed by atoms with E-state index in [1.165, 1.54) is 0 Å². The van der Waals surface area contributed by atoms with E-state index in [9.17, 15) is 4.79 Å². The van der Waals surface area contributed by atoms with E-state index in [-0.39, 0.29) is 5.91 Å². The van der Waals surface area contributed by atoms with Gasteiger partial charge in [-0.05, 0) is 42.5 Å². The average molecular weight is 305 g/mol. The smallest absolute Gasteiger partial charge is 0.256 e. The van der Waals surface area contributed by atoms with Gasteiger partial charge in [-0.15, -0.1) is 0 Å². The molecule has 1 amide bonds. The van der Waals surface area contributed by atoms with E-state index in [2.05, 4.69) is 20.6 Å². The first-order valence-electron chi connectivity index (χ1n) is 7.01. The number of nitrogens with two attached hydrogens (primary N) is 1. The number of anilines is 4. The molecule has 3 aromatic rings. The molecule has 114 valence electrons. The summed E-state index contributed by atoms with van der Waals surface area (Å²) in [6.45, 7) is 0. The highest BCUT2D eigenvalue weighted by atomic mass is 16.1. The van der Waals surface area contributed by atoms with E-state index >= 15 is 0 Å². The second-order valence-electron chi connectivity index (χ2n) is 4.87. The Balaban J connectivity index is 1.72. The Bertz CT molecular complexity index is 803. The van der Waals surface area contributed by atoms with Crippen molar-refractivity contribution in [2.45, 2.75) is 0 Å². The molecule has 0 bridgehead atoms. The molecule has 4 N–H and O–H groups in total. The number of nitrogens with one attached hydrogen (secondary N) is 2. The standard InChI is InChI=1S/C17H15N5O/c18-13-3-1-12(2-4-13)17(23)22-16-11-15(7-10-20-16)21-14-5-8-19-9-6-14/h1-11H,18H2,(H2,19,20,21,22,23). The zero-order chi connectivity index (χ0) is 16.1. The van der Waals surface area contributed by atoms with E-state index in [0.29, 0.717) is 17.1 Å². The van der Waals surface area contributed by atoms with Crippen molar-refractivity contribution >= 4 is 28.8 Å². The van der Waals surface area contributed by atoms with Crippen molar-refractivity contribution in [3.05, 3.63) is 72.7 Å². The number of nitrogens with zero attached hydrogens (tertiary/aromatic N) is 2. The van der Waals surface area contributed by atoms with Gasteiger partial charge < -0.3 is 16.4 Å². The second kappa shape index (κ2) is 6.57. The maximum absolute atomic E-state index is 12.2. The summed E-state index contributed by atoms with van der Waals surface area (Å²) in [5.74, 6) is 0.226. The van der Waals surface area contributed by atoms with Crippen LogP contribution in [-0.2, 0) is 0 Å². The molecule has 0 spiro atoms. The minimum absolute atomic E-state index is 0.237. The van der Waals surface area contributed by atoms with Gasteiger partial charge in [0.05, 0.1) is 0 Å². The molecule has 0 saturated carbocycles. The molecule has 0 radical (unpaired) electrons. The number of aromatic nitrogens is 2. The van der Waals surface area contributed by atoms with E-state index in [0.717, 1.165) is 11.4 Å². The lowest BCUT2D eigenvalue weighted by atomic mass is 10.2. The Morgan fingerprint density at radius 1 is 0.913 bits per heavy atom. The van der Waals surface area contributed by atoms with E-state index < -0.39 is 0 Å². The highest BCUT2D eigenvalue weighted by Crippen LogP contribution is 2.18. The predicted molar refractivity (Wildman–Crippen MR) is 90.6 cm³/mol. The Morgan fingerprint density at radius 3 is 2.35 bits per heavy atom. The van der Waals surface area contributed by atoms with Gasteiger partial charge in [-0.25, -0.2) is 4.98 Å². The molecular weight excluding hydrogens is 290 g/mol. The highest BCUT2D eigenvalue weighted by Gasteiger charge is 2.07. The Kier molecular flexibility index (Phi) is 4.15. The summed E-state index contributed by atoms with van der Waals surface area (Å²) < 4.78 is 0. The molecule has 1 aromatic carbocycles. The average Bonchev–Trinajstić information content (AvgIpc) is 2.57. The van der Waals surface area contributed by atoms with Gasteiger partial charge in [0.25, 0.3) is 5.91 Å². The second-order valence-corrected chi connectivity index (χ2v) is 4.87. The summed E-state index contributed by atoms with van der Waals surface area (Å²) in [6.07, 6.45) is 5.03. The van der Waals surface area contributed by atoms with Gasteiger partial charge in [-0.3, -0.25) is 9.78 Å². The van der Waals surface area contributed by atoms with E-state index in [1.54, 1.807) is 48.9 Å². The summed E-state index contributed by atoms with van der Waals surface area (Å²) >= 11 is 0. The largest absolute Gasteiger partial charge is 0.399 e. The molecule has 6 nitrogen and oxygen atoms in total. The molecule has 0 unspecified atom stereocenters. The van der Waals surface area contributed by atoms with Gasteiger partial charge in [0, 0.05) is 47.3 Å². The van der Waals surface area contributed by atoms with Crippen LogP contribution in [0.25, 0.3) is 0 Å². The third kappa shape index (κ3) is 3.82. The zero-order valence-corrected chi connectivity index (χ0v) is 12.2. The number of pyridine rings is 2. The molecule has 0 aliphatic carbocycles. The lowest BCUT2D eigenvalue weighted by Crippen LogP contribution is -2.13. The normalized spacial score (nSPS) is 10.1. The summed E-state index contributed by atoms with van der Waals surface area (Å²) in [5, 5.41) is 5.98. The fourth-order valence-corrected chi connectivity index (χ4v) is 2.00. The van der Waals surface area contributed by atoms with E-state index in [4.69, 9.17) is 5.73 Å². The number of benzene rings is 1. The molecule has 0 fully saturated rings. The van der Waals surface area contributed by atoms with Gasteiger partial charge >= 0.3 is 0 Å². The first-order valence-corrected chi connectivity index (χ1v) is 7.01. The van der Waals surface area contributed by atoms with Crippen molar-refractivity contribution < 1.29 is 4.79 Å². The van der Waals surface area contributed by atoms with Crippen molar-refractivity contribution in [1.82, 2.24) is 9.97 Å². The minimum Gasteiger partial charge on any atom is -0.399 e. The van der Waals surface area contributed by atoms with Crippen molar-refractivity contribution in [3.8, 4) is 0 Å². The molecule has 0 atom stereocenters. The fourth-order valence-electron chi connectivity index (χ4n) is 2.00. The van der Waals surface area contributed by atoms with Crippen LogP contribution in [0.1, 0.15) is 10.4 Å². The van der Waals surface area contributed by atoms with Gasteiger partial charge in [-0.2, -0.15) is 0 Å². The third-order valence-corrected chi connectivity index (χ3v) is 3.14. The number of carbonyl (C=O) groups excluding carboxylic acids is 1. The Morgan fingerprint density at radius 2 is 1.61 bits per heavy atom. The lowest BCUT2D eigenvalue weighted by molar-refractivity contribution is 0.102. The number of hydrogen-bond donors (Lipinski definition) is 3. The van der Waals surface area contributed by atoms with Crippen molar-refractivity contribution in [1.29, 1.82) is 0 Å². The van der Waals surface area contributed by atoms with Crippen LogP contribution in [0.2, 0.25) is 0 Å². The van der Waals surface area contributed by atoms with Crippen LogP contribution in [0.3, 0.4) is 0 Å². The molecule has 2 heterocycles. The van der Waals surface area contributed by atoms with Gasteiger partial charge in [0.2, 0.25) is 0 Å². The number of nitrogen functional groups attached to an aromatic ring is 1. The maximum atomic E-state index is 12.2. The van der Waals surface area contributed by atoms with Crippen LogP contribution in [0.4, 0.5) is 22.9 Å². The topological polar surface area (TPSA) is 92.9 Å². The quantitative estimate of drug-likeness (QED) is 0.644. The molecule has 6 heteroatoms. The first-order chi connectivity index (χ1) is 11.2. The Hall–Kier alpha value is -3.41. The van der Waals surface area contributed by atoms with Crippen LogP contribution in [-0.4, -0.2) is 15.9 Å². The SMILES string of the molecule is Nc1ccc(C(=O)Nc2cc(Nc3ccncc3)ccn2)cc1. The summed E-state index contributed by atoms with van der Waals surface area (Å²) in [6, 6.07) is 14.0. The fraction of sp³-hybridized carbons (Fsp3) is 0. The van der Waals surface area contributed by atoms with Gasteiger partial charge in [-0.1, -0.05) is 0 Å². The molecule has 23 heavy (non-hydrogen) atoms. The molecule has 0 aliphatic rings. The molecule has 0 aliphatic heterocycles. The van der Waals surface area contributed by atoms with Crippen LogP contribution in [0.5, 0.6) is 0 Å². The summed E-state index contributed by atoms with van der Waals surface area (Å²) in [7, 11) is 0. The monoisotopic (exact) mass is 305 g/mol. The minimum atomic E-state index is -0.237.